The second-order valence-electron chi connectivity index (χ2n) is 4.37. The van der Waals surface area contributed by atoms with Crippen molar-refractivity contribution >= 4 is 31.9 Å². The van der Waals surface area contributed by atoms with Crippen LogP contribution in [0.4, 0.5) is 8.78 Å². The number of amides is 1. The van der Waals surface area contributed by atoms with Gasteiger partial charge in [-0.15, -0.1) is 0 Å². The van der Waals surface area contributed by atoms with Crippen molar-refractivity contribution in [3.63, 3.8) is 0 Å². The first kappa shape index (κ1) is 15.3. The molecule has 2 rings (SSSR count). The number of rotatable bonds is 3. The van der Waals surface area contributed by atoms with E-state index in [1.807, 2.05) is 0 Å². The molecule has 2 N–H and O–H groups in total. The first-order valence-corrected chi connectivity index (χ1v) is 7.94. The predicted molar refractivity (Wildman–Crippen MR) is 70.2 cm³/mol. The molecule has 1 aromatic rings. The quantitative estimate of drug-likeness (QED) is 0.874. The molecule has 0 saturated carbocycles. The highest BCUT2D eigenvalue weighted by molar-refractivity contribution is 9.10. The average Bonchev–Trinajstić information content (AvgIpc) is 2.75. The Kier molecular flexibility index (Phi) is 4.12. The molecule has 0 spiro atoms. The van der Waals surface area contributed by atoms with E-state index in [-0.39, 0.29) is 17.4 Å². The van der Waals surface area contributed by atoms with Crippen LogP contribution in [0.25, 0.3) is 0 Å². The minimum absolute atomic E-state index is 0.0686. The first-order chi connectivity index (χ1) is 9.25. The van der Waals surface area contributed by atoms with Crippen LogP contribution in [-0.2, 0) is 14.8 Å². The highest BCUT2D eigenvalue weighted by Crippen LogP contribution is 2.32. The fourth-order valence-corrected chi connectivity index (χ4v) is 4.99. The maximum Gasteiger partial charge on any atom is 0.247 e. The zero-order valence-corrected chi connectivity index (χ0v) is 12.5. The van der Waals surface area contributed by atoms with Crippen LogP contribution in [0.1, 0.15) is 12.8 Å². The van der Waals surface area contributed by atoms with Gasteiger partial charge in [0, 0.05) is 17.1 Å². The summed E-state index contributed by atoms with van der Waals surface area (Å²) in [5.41, 5.74) is 5.15. The number of nitrogens with two attached hydrogens (primary N) is 1. The highest BCUT2D eigenvalue weighted by atomic mass is 79.9. The molecule has 1 aromatic carbocycles. The zero-order valence-electron chi connectivity index (χ0n) is 10.1. The number of halogens is 3. The first-order valence-electron chi connectivity index (χ1n) is 5.71. The van der Waals surface area contributed by atoms with E-state index in [4.69, 9.17) is 5.73 Å². The van der Waals surface area contributed by atoms with E-state index in [2.05, 4.69) is 15.9 Å². The molecule has 1 saturated heterocycles. The lowest BCUT2D eigenvalue weighted by Gasteiger charge is -2.22. The third-order valence-corrected chi connectivity index (χ3v) is 5.94. The SMILES string of the molecule is NC(=O)C1CCCN1S(=O)(=O)c1c(F)cc(F)cc1Br. The van der Waals surface area contributed by atoms with Gasteiger partial charge in [0.2, 0.25) is 15.9 Å². The van der Waals surface area contributed by atoms with Crippen molar-refractivity contribution in [3.8, 4) is 0 Å². The summed E-state index contributed by atoms with van der Waals surface area (Å²) >= 11 is 2.84. The van der Waals surface area contributed by atoms with E-state index in [9.17, 15) is 22.0 Å². The maximum atomic E-state index is 13.8. The standard InChI is InChI=1S/C11H11BrF2N2O3S/c12-7-4-6(13)5-8(14)10(7)20(18,19)16-3-1-2-9(16)11(15)17/h4-5,9H,1-3H2,(H2,15,17). The van der Waals surface area contributed by atoms with Gasteiger partial charge in [-0.25, -0.2) is 17.2 Å². The zero-order chi connectivity index (χ0) is 15.1. The van der Waals surface area contributed by atoms with Crippen molar-refractivity contribution in [1.29, 1.82) is 0 Å². The number of nitrogens with zero attached hydrogens (tertiary/aromatic N) is 1. The topological polar surface area (TPSA) is 80.5 Å². The van der Waals surface area contributed by atoms with E-state index >= 15 is 0 Å². The molecule has 0 aromatic heterocycles. The lowest BCUT2D eigenvalue weighted by Crippen LogP contribution is -2.43. The lowest BCUT2D eigenvalue weighted by molar-refractivity contribution is -0.121. The third-order valence-electron chi connectivity index (χ3n) is 3.06. The molecule has 0 bridgehead atoms. The van der Waals surface area contributed by atoms with Crippen molar-refractivity contribution in [2.24, 2.45) is 5.73 Å². The molecule has 1 amide bonds. The lowest BCUT2D eigenvalue weighted by atomic mass is 10.2. The van der Waals surface area contributed by atoms with Crippen molar-refractivity contribution in [1.82, 2.24) is 4.31 Å². The van der Waals surface area contributed by atoms with Crippen LogP contribution in [0, 0.1) is 11.6 Å². The molecule has 0 aliphatic carbocycles. The molecule has 1 heterocycles. The van der Waals surface area contributed by atoms with Crippen LogP contribution in [0.3, 0.4) is 0 Å². The Balaban J connectivity index is 2.54. The number of hydrogen-bond donors (Lipinski definition) is 1. The Morgan fingerprint density at radius 2 is 2.05 bits per heavy atom. The summed E-state index contributed by atoms with van der Waals surface area (Å²) in [6.45, 7) is 0.0686. The van der Waals surface area contributed by atoms with Gasteiger partial charge in [0.15, 0.2) is 0 Å². The second kappa shape index (κ2) is 5.38. The van der Waals surface area contributed by atoms with Gasteiger partial charge in [-0.2, -0.15) is 4.31 Å². The summed E-state index contributed by atoms with van der Waals surface area (Å²) in [5, 5.41) is 0. The van der Waals surface area contributed by atoms with Crippen molar-refractivity contribution < 1.29 is 22.0 Å². The van der Waals surface area contributed by atoms with Crippen molar-refractivity contribution in [2.45, 2.75) is 23.8 Å². The summed E-state index contributed by atoms with van der Waals surface area (Å²) in [6.07, 6.45) is 0.738. The molecule has 9 heteroatoms. The van der Waals surface area contributed by atoms with Gasteiger partial charge < -0.3 is 5.73 Å². The van der Waals surface area contributed by atoms with E-state index in [1.165, 1.54) is 0 Å². The van der Waals surface area contributed by atoms with Gasteiger partial charge >= 0.3 is 0 Å². The van der Waals surface area contributed by atoms with Gasteiger partial charge in [0.05, 0.1) is 0 Å². The summed E-state index contributed by atoms with van der Waals surface area (Å²) in [6, 6.07) is 0.328. The van der Waals surface area contributed by atoms with Crippen LogP contribution in [0.15, 0.2) is 21.5 Å². The summed E-state index contributed by atoms with van der Waals surface area (Å²) < 4.78 is 52.3. The maximum absolute atomic E-state index is 13.8. The fourth-order valence-electron chi connectivity index (χ4n) is 2.20. The van der Waals surface area contributed by atoms with Crippen LogP contribution >= 0.6 is 15.9 Å². The smallest absolute Gasteiger partial charge is 0.247 e. The van der Waals surface area contributed by atoms with E-state index in [1.54, 1.807) is 0 Å². The molecular weight excluding hydrogens is 358 g/mol. The number of carbonyl (C=O) groups is 1. The Morgan fingerprint density at radius 3 is 2.60 bits per heavy atom. The van der Waals surface area contributed by atoms with Crippen LogP contribution in [0.5, 0.6) is 0 Å². The van der Waals surface area contributed by atoms with Gasteiger partial charge in [-0.3, -0.25) is 4.79 Å². The molecule has 1 atom stereocenters. The largest absolute Gasteiger partial charge is 0.368 e. The summed E-state index contributed by atoms with van der Waals surface area (Å²) in [7, 11) is -4.27. The van der Waals surface area contributed by atoms with Crippen LogP contribution < -0.4 is 5.73 Å². The Bertz CT molecular complexity index is 643. The normalized spacial score (nSPS) is 20.2. The van der Waals surface area contributed by atoms with Gasteiger partial charge in [0.1, 0.15) is 22.6 Å². The fraction of sp³-hybridized carbons (Fsp3) is 0.364. The second-order valence-corrected chi connectivity index (χ2v) is 7.06. The summed E-state index contributed by atoms with van der Waals surface area (Å²) in [5.74, 6) is -2.90. The van der Waals surface area contributed by atoms with Crippen LogP contribution in [-0.4, -0.2) is 31.2 Å². The van der Waals surface area contributed by atoms with Gasteiger partial charge in [0.25, 0.3) is 0 Å². The number of sulfonamides is 1. The highest BCUT2D eigenvalue weighted by Gasteiger charge is 2.40. The van der Waals surface area contributed by atoms with Gasteiger partial charge in [-0.1, -0.05) is 0 Å². The molecule has 5 nitrogen and oxygen atoms in total. The molecule has 0 radical (unpaired) electrons. The Hall–Kier alpha value is -1.06. The van der Waals surface area contributed by atoms with E-state index < -0.39 is 38.5 Å². The number of hydrogen-bond acceptors (Lipinski definition) is 3. The molecule has 1 aliphatic rings. The number of primary amides is 1. The average molecular weight is 369 g/mol. The number of carbonyl (C=O) groups excluding carboxylic acids is 1. The summed E-state index contributed by atoms with van der Waals surface area (Å²) in [4.78, 5) is 10.6. The molecule has 1 aliphatic heterocycles. The Labute approximate surface area is 122 Å². The van der Waals surface area contributed by atoms with E-state index in [0.717, 1.165) is 10.4 Å². The van der Waals surface area contributed by atoms with Crippen molar-refractivity contribution in [2.75, 3.05) is 6.54 Å². The molecule has 1 fully saturated rings. The third kappa shape index (κ3) is 2.57. The number of benzene rings is 1. The Morgan fingerprint density at radius 1 is 1.40 bits per heavy atom. The molecule has 1 unspecified atom stereocenters. The minimum atomic E-state index is -4.27. The van der Waals surface area contributed by atoms with Gasteiger partial charge in [-0.05, 0) is 34.8 Å². The predicted octanol–water partition coefficient (Wildman–Crippen LogP) is 1.37. The minimum Gasteiger partial charge on any atom is -0.368 e. The molecule has 20 heavy (non-hydrogen) atoms. The van der Waals surface area contributed by atoms with Crippen LogP contribution in [0.2, 0.25) is 0 Å². The van der Waals surface area contributed by atoms with Crippen molar-refractivity contribution in [3.05, 3.63) is 28.2 Å². The van der Waals surface area contributed by atoms with E-state index in [0.29, 0.717) is 12.5 Å². The monoisotopic (exact) mass is 368 g/mol. The molecule has 110 valence electrons. The molecular formula is C11H11BrF2N2O3S.